The summed E-state index contributed by atoms with van der Waals surface area (Å²) in [4.78, 5) is 14.7. The van der Waals surface area contributed by atoms with Gasteiger partial charge in [-0.05, 0) is 37.6 Å². The maximum atomic E-state index is 12.6. The molecule has 1 fully saturated rings. The highest BCUT2D eigenvalue weighted by molar-refractivity contribution is 5.87. The standard InChI is InChI=1S/C20H25NO5/c1-11-7-13-12-5-6-21(4)8-14(12)18(23)26-17(13)15(16(11)22)19-24-9-20(2,3)10-25-19/h7,19,22H,5-6,8-10H2,1-4H3. The molecule has 4 rings (SSSR count). The van der Waals surface area contributed by atoms with Crippen LogP contribution in [0.25, 0.3) is 11.0 Å². The number of hydrogen-bond acceptors (Lipinski definition) is 6. The number of rotatable bonds is 1. The average molecular weight is 359 g/mol. The summed E-state index contributed by atoms with van der Waals surface area (Å²) in [6.45, 7) is 8.43. The summed E-state index contributed by atoms with van der Waals surface area (Å²) < 4.78 is 17.4. The highest BCUT2D eigenvalue weighted by atomic mass is 16.7. The zero-order valence-electron chi connectivity index (χ0n) is 15.7. The molecule has 0 bridgehead atoms. The molecule has 0 amide bonds. The molecule has 0 atom stereocenters. The second-order valence-corrected chi connectivity index (χ2v) is 8.28. The lowest BCUT2D eigenvalue weighted by Crippen LogP contribution is -2.34. The average Bonchev–Trinajstić information content (AvgIpc) is 2.58. The van der Waals surface area contributed by atoms with Crippen molar-refractivity contribution in [2.24, 2.45) is 5.41 Å². The number of fused-ring (bicyclic) bond motifs is 3. The Morgan fingerprint density at radius 2 is 1.92 bits per heavy atom. The minimum absolute atomic E-state index is 0.0678. The van der Waals surface area contributed by atoms with E-state index in [0.717, 1.165) is 29.5 Å². The van der Waals surface area contributed by atoms with Gasteiger partial charge in [-0.25, -0.2) is 4.79 Å². The van der Waals surface area contributed by atoms with E-state index in [1.165, 1.54) is 0 Å². The number of phenols is 1. The summed E-state index contributed by atoms with van der Waals surface area (Å²) >= 11 is 0. The van der Waals surface area contributed by atoms with Crippen LogP contribution >= 0.6 is 0 Å². The monoisotopic (exact) mass is 359 g/mol. The SMILES string of the molecule is Cc1cc2c3c(c(=O)oc2c(C2OCC(C)(C)CO2)c1O)CN(C)CC3. The van der Waals surface area contributed by atoms with Gasteiger partial charge >= 0.3 is 5.63 Å². The Morgan fingerprint density at radius 1 is 1.23 bits per heavy atom. The van der Waals surface area contributed by atoms with Gasteiger partial charge in [-0.2, -0.15) is 0 Å². The molecule has 6 nitrogen and oxygen atoms in total. The van der Waals surface area contributed by atoms with Crippen LogP contribution in [0.3, 0.4) is 0 Å². The Morgan fingerprint density at radius 3 is 2.62 bits per heavy atom. The predicted molar refractivity (Wildman–Crippen MR) is 97.3 cm³/mol. The maximum absolute atomic E-state index is 12.6. The Balaban J connectivity index is 1.92. The van der Waals surface area contributed by atoms with Crippen molar-refractivity contribution in [3.05, 3.63) is 38.7 Å². The molecule has 2 aliphatic heterocycles. The summed E-state index contributed by atoms with van der Waals surface area (Å²) in [5, 5.41) is 11.6. The van der Waals surface area contributed by atoms with Crippen molar-refractivity contribution in [3.63, 3.8) is 0 Å². The van der Waals surface area contributed by atoms with Crippen molar-refractivity contribution in [1.82, 2.24) is 4.90 Å². The quantitative estimate of drug-likeness (QED) is 0.790. The number of phenolic OH excluding ortho intramolecular Hbond substituents is 1. The summed E-state index contributed by atoms with van der Waals surface area (Å²) in [6, 6.07) is 1.90. The van der Waals surface area contributed by atoms with Gasteiger partial charge in [-0.1, -0.05) is 13.8 Å². The molecule has 2 aliphatic rings. The lowest BCUT2D eigenvalue weighted by atomic mass is 9.93. The molecule has 3 heterocycles. The fourth-order valence-corrected chi connectivity index (χ4v) is 3.76. The molecule has 2 aromatic rings. The molecule has 1 aromatic carbocycles. The number of aryl methyl sites for hydroxylation is 1. The van der Waals surface area contributed by atoms with Crippen LogP contribution in [-0.4, -0.2) is 36.8 Å². The van der Waals surface area contributed by atoms with Crippen LogP contribution in [0.5, 0.6) is 5.75 Å². The second kappa shape index (κ2) is 6.08. The van der Waals surface area contributed by atoms with Gasteiger partial charge in [0.1, 0.15) is 5.75 Å². The topological polar surface area (TPSA) is 72.1 Å². The van der Waals surface area contributed by atoms with Crippen molar-refractivity contribution >= 4 is 11.0 Å². The smallest absolute Gasteiger partial charge is 0.341 e. The van der Waals surface area contributed by atoms with Crippen molar-refractivity contribution in [3.8, 4) is 5.75 Å². The zero-order valence-corrected chi connectivity index (χ0v) is 15.7. The van der Waals surface area contributed by atoms with Crippen LogP contribution in [0.2, 0.25) is 0 Å². The first-order valence-corrected chi connectivity index (χ1v) is 8.99. The number of likely N-dealkylation sites (N-methyl/N-ethyl adjacent to an activating group) is 1. The Bertz CT molecular complexity index is 920. The Hall–Kier alpha value is -1.89. The number of ether oxygens (including phenoxy) is 2. The molecule has 6 heteroatoms. The molecule has 140 valence electrons. The number of nitrogens with zero attached hydrogens (tertiary/aromatic N) is 1. The molecule has 26 heavy (non-hydrogen) atoms. The summed E-state index contributed by atoms with van der Waals surface area (Å²) in [5.41, 5.74) is 2.81. The van der Waals surface area contributed by atoms with Crippen molar-refractivity contribution in [1.29, 1.82) is 0 Å². The van der Waals surface area contributed by atoms with E-state index in [2.05, 4.69) is 18.7 Å². The van der Waals surface area contributed by atoms with Crippen molar-refractivity contribution < 1.29 is 19.0 Å². The lowest BCUT2D eigenvalue weighted by Gasteiger charge is -2.35. The molecular weight excluding hydrogens is 334 g/mol. The maximum Gasteiger partial charge on any atom is 0.341 e. The number of hydrogen-bond donors (Lipinski definition) is 1. The van der Waals surface area contributed by atoms with Crippen LogP contribution in [0, 0.1) is 12.3 Å². The third kappa shape index (κ3) is 2.82. The van der Waals surface area contributed by atoms with E-state index in [-0.39, 0.29) is 16.8 Å². The van der Waals surface area contributed by atoms with E-state index >= 15 is 0 Å². The molecule has 0 spiro atoms. The highest BCUT2D eigenvalue weighted by Gasteiger charge is 2.34. The van der Waals surface area contributed by atoms with Gasteiger partial charge in [0.25, 0.3) is 0 Å². The van der Waals surface area contributed by atoms with E-state index < -0.39 is 6.29 Å². The van der Waals surface area contributed by atoms with E-state index in [9.17, 15) is 9.90 Å². The Kier molecular flexibility index (Phi) is 4.10. The lowest BCUT2D eigenvalue weighted by molar-refractivity contribution is -0.226. The largest absolute Gasteiger partial charge is 0.507 e. The Labute approximate surface area is 152 Å². The van der Waals surface area contributed by atoms with Gasteiger partial charge in [0.15, 0.2) is 11.9 Å². The van der Waals surface area contributed by atoms with E-state index in [1.54, 1.807) is 0 Å². The molecule has 0 aliphatic carbocycles. The molecule has 1 N–H and O–H groups in total. The third-order valence-corrected chi connectivity index (χ3v) is 5.27. The summed E-state index contributed by atoms with van der Waals surface area (Å²) in [7, 11) is 1.99. The van der Waals surface area contributed by atoms with Crippen LogP contribution in [0.1, 0.15) is 42.4 Å². The zero-order chi connectivity index (χ0) is 18.6. The second-order valence-electron chi connectivity index (χ2n) is 8.28. The fraction of sp³-hybridized carbons (Fsp3) is 0.550. The van der Waals surface area contributed by atoms with Gasteiger partial charge in [-0.15, -0.1) is 0 Å². The van der Waals surface area contributed by atoms with Crippen LogP contribution in [0.4, 0.5) is 0 Å². The fourth-order valence-electron chi connectivity index (χ4n) is 3.76. The molecule has 0 radical (unpaired) electrons. The van der Waals surface area contributed by atoms with Gasteiger partial charge in [0.2, 0.25) is 0 Å². The van der Waals surface area contributed by atoms with E-state index in [4.69, 9.17) is 13.9 Å². The highest BCUT2D eigenvalue weighted by Crippen LogP contribution is 2.42. The molecule has 0 saturated carbocycles. The normalized spacial score (nSPS) is 21.1. The predicted octanol–water partition coefficient (Wildman–Crippen LogP) is 2.87. The first kappa shape index (κ1) is 17.5. The van der Waals surface area contributed by atoms with Gasteiger partial charge < -0.3 is 23.9 Å². The molecule has 0 unspecified atom stereocenters. The van der Waals surface area contributed by atoms with Gasteiger partial charge in [0, 0.05) is 23.9 Å². The number of aromatic hydroxyl groups is 1. The van der Waals surface area contributed by atoms with E-state index in [0.29, 0.717) is 36.5 Å². The van der Waals surface area contributed by atoms with Gasteiger partial charge in [0.05, 0.1) is 24.3 Å². The van der Waals surface area contributed by atoms with Gasteiger partial charge in [-0.3, -0.25) is 0 Å². The van der Waals surface area contributed by atoms with Crippen LogP contribution < -0.4 is 5.63 Å². The first-order chi connectivity index (χ1) is 12.3. The number of benzene rings is 1. The van der Waals surface area contributed by atoms with Crippen molar-refractivity contribution in [2.45, 2.75) is 40.0 Å². The van der Waals surface area contributed by atoms with Crippen LogP contribution in [-0.2, 0) is 22.4 Å². The van der Waals surface area contributed by atoms with Crippen LogP contribution in [0.15, 0.2) is 15.3 Å². The van der Waals surface area contributed by atoms with Crippen molar-refractivity contribution in [2.75, 3.05) is 26.8 Å². The molecule has 1 aromatic heterocycles. The van der Waals surface area contributed by atoms with E-state index in [1.807, 2.05) is 20.0 Å². The first-order valence-electron chi connectivity index (χ1n) is 8.99. The minimum atomic E-state index is -0.738. The minimum Gasteiger partial charge on any atom is -0.507 e. The molecular formula is C20H25NO5. The molecule has 1 saturated heterocycles. The summed E-state index contributed by atoms with van der Waals surface area (Å²) in [5.74, 6) is 0.0678. The summed E-state index contributed by atoms with van der Waals surface area (Å²) in [6.07, 6.45) is 0.0367. The third-order valence-electron chi connectivity index (χ3n) is 5.27.